The summed E-state index contributed by atoms with van der Waals surface area (Å²) in [4.78, 5) is 16.3. The van der Waals surface area contributed by atoms with Gasteiger partial charge in [-0.1, -0.05) is 0 Å². The molecule has 0 spiro atoms. The first kappa shape index (κ1) is 23.5. The molecule has 1 aromatic rings. The molecule has 2 aliphatic rings. The highest BCUT2D eigenvalue weighted by Gasteiger charge is 2.52. The number of benzene rings is 1. The van der Waals surface area contributed by atoms with Crippen molar-refractivity contribution in [3.05, 3.63) is 29.3 Å². The number of nitriles is 1. The van der Waals surface area contributed by atoms with E-state index in [9.17, 15) is 18.0 Å². The third-order valence-corrected chi connectivity index (χ3v) is 6.74. The van der Waals surface area contributed by atoms with E-state index in [1.807, 2.05) is 4.90 Å². The number of halogens is 3. The first-order chi connectivity index (χ1) is 14.5. The van der Waals surface area contributed by atoms with Gasteiger partial charge >= 0.3 is 6.18 Å². The second-order valence-electron chi connectivity index (χ2n) is 8.73. The van der Waals surface area contributed by atoms with E-state index >= 15 is 0 Å². The minimum absolute atomic E-state index is 0.0218. The van der Waals surface area contributed by atoms with Crippen LogP contribution in [-0.2, 0) is 11.0 Å². The highest BCUT2D eigenvalue weighted by Crippen LogP contribution is 2.41. The molecule has 0 bridgehead atoms. The van der Waals surface area contributed by atoms with Gasteiger partial charge in [-0.15, -0.1) is 0 Å². The third-order valence-electron chi connectivity index (χ3n) is 6.37. The van der Waals surface area contributed by atoms with Crippen molar-refractivity contribution in [1.29, 1.82) is 5.26 Å². The number of thiocarbonyl (C=S) groups is 1. The molecule has 0 unspecified atom stereocenters. The summed E-state index contributed by atoms with van der Waals surface area (Å²) in [6.07, 6.45) is 0.618. The average molecular weight is 454 g/mol. The predicted octanol–water partition coefficient (Wildman–Crippen LogP) is 4.62. The smallest absolute Gasteiger partial charge is 0.396 e. The summed E-state index contributed by atoms with van der Waals surface area (Å²) in [6.45, 7) is 3.67. The molecule has 1 aliphatic carbocycles. The molecule has 5 nitrogen and oxygen atoms in total. The average Bonchev–Trinajstić information content (AvgIpc) is 2.90. The minimum Gasteiger partial charge on any atom is -0.396 e. The van der Waals surface area contributed by atoms with Gasteiger partial charge in [-0.25, -0.2) is 0 Å². The maximum atomic E-state index is 13.4. The molecule has 168 valence electrons. The normalized spacial score (nSPS) is 23.9. The maximum Gasteiger partial charge on any atom is 0.417 e. The quantitative estimate of drug-likeness (QED) is 0.659. The summed E-state index contributed by atoms with van der Waals surface area (Å²) < 4.78 is 40.3. The molecular formula is C22H26F3N3O2S. The van der Waals surface area contributed by atoms with Gasteiger partial charge in [-0.05, 0) is 88.7 Å². The lowest BCUT2D eigenvalue weighted by Crippen LogP contribution is -2.51. The van der Waals surface area contributed by atoms with Crippen LogP contribution in [0.2, 0.25) is 0 Å². The van der Waals surface area contributed by atoms with Crippen LogP contribution in [0.15, 0.2) is 18.2 Å². The van der Waals surface area contributed by atoms with E-state index in [2.05, 4.69) is 0 Å². The topological polar surface area (TPSA) is 67.6 Å². The second kappa shape index (κ2) is 8.75. The van der Waals surface area contributed by atoms with Crippen LogP contribution >= 0.6 is 12.2 Å². The molecule has 9 heteroatoms. The Morgan fingerprint density at radius 3 is 2.45 bits per heavy atom. The Hall–Kier alpha value is -2.18. The lowest BCUT2D eigenvalue weighted by molar-refractivity contribution is -0.137. The number of aliphatic hydroxyl groups is 1. The molecule has 0 radical (unpaired) electrons. The zero-order chi connectivity index (χ0) is 23.0. The first-order valence-electron chi connectivity index (χ1n) is 10.4. The second-order valence-corrected chi connectivity index (χ2v) is 9.10. The molecule has 3 rings (SSSR count). The molecule has 0 atom stereocenters. The number of hydrogen-bond donors (Lipinski definition) is 1. The van der Waals surface area contributed by atoms with Crippen molar-refractivity contribution in [3.8, 4) is 6.07 Å². The van der Waals surface area contributed by atoms with Crippen molar-refractivity contribution in [2.24, 2.45) is 5.92 Å². The van der Waals surface area contributed by atoms with E-state index in [4.69, 9.17) is 22.6 Å². The number of rotatable bonds is 5. The summed E-state index contributed by atoms with van der Waals surface area (Å²) >= 11 is 5.60. The first-order valence-corrected chi connectivity index (χ1v) is 10.8. The van der Waals surface area contributed by atoms with Gasteiger partial charge in [0.15, 0.2) is 5.11 Å². The van der Waals surface area contributed by atoms with Crippen LogP contribution in [-0.4, -0.2) is 39.2 Å². The Bertz CT molecular complexity index is 902. The Balaban J connectivity index is 1.88. The van der Waals surface area contributed by atoms with Gasteiger partial charge in [0, 0.05) is 12.6 Å². The molecule has 1 amide bonds. The number of carbonyl (C=O) groups excluding carboxylic acids is 1. The summed E-state index contributed by atoms with van der Waals surface area (Å²) in [7, 11) is 0. The van der Waals surface area contributed by atoms with Crippen LogP contribution < -0.4 is 4.90 Å². The molecule has 1 aliphatic heterocycles. The maximum absolute atomic E-state index is 13.4. The number of alkyl halides is 3. The van der Waals surface area contributed by atoms with Crippen molar-refractivity contribution in [3.63, 3.8) is 0 Å². The van der Waals surface area contributed by atoms with Gasteiger partial charge in [0.05, 0.1) is 22.9 Å². The zero-order valence-corrected chi connectivity index (χ0v) is 18.4. The zero-order valence-electron chi connectivity index (χ0n) is 17.6. The lowest BCUT2D eigenvalue weighted by atomic mass is 9.82. The lowest BCUT2D eigenvalue weighted by Gasteiger charge is -2.41. The number of anilines is 1. The van der Waals surface area contributed by atoms with E-state index < -0.39 is 22.8 Å². The fourth-order valence-corrected chi connectivity index (χ4v) is 5.29. The Kier molecular flexibility index (Phi) is 6.63. The molecule has 1 saturated carbocycles. The van der Waals surface area contributed by atoms with E-state index in [0.717, 1.165) is 50.7 Å². The highest BCUT2D eigenvalue weighted by atomic mass is 32.1. The van der Waals surface area contributed by atoms with Gasteiger partial charge in [0.1, 0.15) is 5.54 Å². The number of aliphatic hydroxyl groups excluding tert-OH is 1. The number of hydrogen-bond acceptors (Lipinski definition) is 4. The van der Waals surface area contributed by atoms with Gasteiger partial charge in [-0.2, -0.15) is 18.4 Å². The van der Waals surface area contributed by atoms with Crippen LogP contribution in [0.1, 0.15) is 63.5 Å². The summed E-state index contributed by atoms with van der Waals surface area (Å²) in [6, 6.07) is 4.83. The van der Waals surface area contributed by atoms with Crippen LogP contribution in [0.3, 0.4) is 0 Å². The molecule has 1 aromatic carbocycles. The fourth-order valence-electron chi connectivity index (χ4n) is 4.73. The van der Waals surface area contributed by atoms with Gasteiger partial charge < -0.3 is 10.0 Å². The molecule has 0 aromatic heterocycles. The van der Waals surface area contributed by atoms with Crippen molar-refractivity contribution in [2.75, 3.05) is 11.5 Å². The monoisotopic (exact) mass is 453 g/mol. The van der Waals surface area contributed by atoms with E-state index in [0.29, 0.717) is 5.92 Å². The van der Waals surface area contributed by atoms with Crippen LogP contribution in [0.25, 0.3) is 0 Å². The Morgan fingerprint density at radius 1 is 1.26 bits per heavy atom. The Morgan fingerprint density at radius 2 is 1.90 bits per heavy atom. The number of amides is 1. The number of carbonyl (C=O) groups is 1. The minimum atomic E-state index is -4.71. The predicted molar refractivity (Wildman–Crippen MR) is 114 cm³/mol. The van der Waals surface area contributed by atoms with E-state index in [-0.39, 0.29) is 29.4 Å². The van der Waals surface area contributed by atoms with Crippen LogP contribution in [0.5, 0.6) is 0 Å². The molecule has 1 saturated heterocycles. The van der Waals surface area contributed by atoms with Gasteiger partial charge in [-0.3, -0.25) is 9.69 Å². The molecule has 2 fully saturated rings. The van der Waals surface area contributed by atoms with Crippen molar-refractivity contribution < 1.29 is 23.1 Å². The molecule has 1 N–H and O–H groups in total. The van der Waals surface area contributed by atoms with E-state index in [1.165, 1.54) is 11.0 Å². The van der Waals surface area contributed by atoms with Crippen LogP contribution in [0.4, 0.5) is 18.9 Å². The molecular weight excluding hydrogens is 427 g/mol. The van der Waals surface area contributed by atoms with Gasteiger partial charge in [0.25, 0.3) is 5.91 Å². The SMILES string of the molecule is CC1(C)C(=O)N(c2ccc(C#N)c(C(F)(F)F)c2)C(=S)N1C1CCC(CCCO)CC1. The van der Waals surface area contributed by atoms with E-state index in [1.54, 1.807) is 19.9 Å². The summed E-state index contributed by atoms with van der Waals surface area (Å²) in [5.74, 6) is 0.153. The molecule has 1 heterocycles. The summed E-state index contributed by atoms with van der Waals surface area (Å²) in [5.41, 5.74) is -2.53. The standard InChI is InChI=1S/C22H26F3N3O2S/c1-21(2)19(30)27(17-10-7-15(13-26)18(12-17)22(23,24)25)20(31)28(21)16-8-5-14(6-9-16)4-3-11-29/h7,10,12,14,16,29H,3-6,8-9,11H2,1-2H3. The molecule has 31 heavy (non-hydrogen) atoms. The van der Waals surface area contributed by atoms with Crippen molar-refractivity contribution >= 4 is 28.9 Å². The Labute approximate surface area is 185 Å². The highest BCUT2D eigenvalue weighted by molar-refractivity contribution is 7.80. The number of nitrogens with zero attached hydrogens (tertiary/aromatic N) is 3. The van der Waals surface area contributed by atoms with Crippen molar-refractivity contribution in [2.45, 2.75) is 70.1 Å². The largest absolute Gasteiger partial charge is 0.417 e. The van der Waals surface area contributed by atoms with Crippen molar-refractivity contribution in [1.82, 2.24) is 4.90 Å². The van der Waals surface area contributed by atoms with Gasteiger partial charge in [0.2, 0.25) is 0 Å². The van der Waals surface area contributed by atoms with Crippen LogP contribution in [0, 0.1) is 17.2 Å². The third kappa shape index (κ3) is 4.41. The summed E-state index contributed by atoms with van der Waals surface area (Å²) in [5, 5.41) is 18.3. The fraction of sp³-hybridized carbons (Fsp3) is 0.591.